The van der Waals surface area contributed by atoms with Crippen LogP contribution in [0.5, 0.6) is 0 Å². The van der Waals surface area contributed by atoms with Gasteiger partial charge in [0.15, 0.2) is 0 Å². The molecule has 0 aliphatic carbocycles. The molecule has 9 heteroatoms. The van der Waals surface area contributed by atoms with Crippen molar-refractivity contribution in [3.63, 3.8) is 0 Å². The molecule has 0 spiro atoms. The number of hydrogen-bond acceptors (Lipinski definition) is 5. The summed E-state index contributed by atoms with van der Waals surface area (Å²) in [7, 11) is -0.854. The lowest BCUT2D eigenvalue weighted by Crippen LogP contribution is -2.36. The fourth-order valence-electron chi connectivity index (χ4n) is 2.53. The minimum Gasteiger partial charge on any atom is -0.359 e. The van der Waals surface area contributed by atoms with E-state index in [1.807, 2.05) is 0 Å². The zero-order valence-electron chi connectivity index (χ0n) is 14.4. The number of amides is 2. The molecule has 2 amide bonds. The van der Waals surface area contributed by atoms with Crippen LogP contribution in [0.2, 0.25) is 0 Å². The van der Waals surface area contributed by atoms with Gasteiger partial charge in [-0.25, -0.2) is 12.7 Å². The lowest BCUT2D eigenvalue weighted by atomic mass is 10.2. The summed E-state index contributed by atoms with van der Waals surface area (Å²) in [4.78, 5) is 23.6. The Bertz CT molecular complexity index is 729. The van der Waals surface area contributed by atoms with Gasteiger partial charge in [-0.05, 0) is 31.2 Å². The third-order valence-corrected chi connectivity index (χ3v) is 5.99. The predicted molar refractivity (Wildman–Crippen MR) is 93.7 cm³/mol. The third kappa shape index (κ3) is 5.00. The third-order valence-electron chi connectivity index (χ3n) is 4.13. The van der Waals surface area contributed by atoms with Crippen molar-refractivity contribution >= 4 is 21.8 Å². The number of rotatable bonds is 7. The maximum Gasteiger partial charge on any atom is 0.251 e. The number of nitrogens with zero attached hydrogens (tertiary/aromatic N) is 1. The SMILES string of the molecule is CNC(=O)CCN(C)S(=O)(=O)c1cccc(C(=O)NC2CCNC2)c1. The van der Waals surface area contributed by atoms with Gasteiger partial charge < -0.3 is 16.0 Å². The van der Waals surface area contributed by atoms with Crippen molar-refractivity contribution in [2.75, 3.05) is 33.7 Å². The van der Waals surface area contributed by atoms with E-state index in [0.717, 1.165) is 17.3 Å². The number of nitrogens with one attached hydrogen (secondary N) is 3. The number of hydrogen-bond donors (Lipinski definition) is 3. The number of carbonyl (C=O) groups is 2. The van der Waals surface area contributed by atoms with Gasteiger partial charge in [0.05, 0.1) is 4.90 Å². The highest BCUT2D eigenvalue weighted by atomic mass is 32.2. The van der Waals surface area contributed by atoms with Crippen LogP contribution in [0, 0.1) is 0 Å². The number of benzene rings is 1. The fourth-order valence-corrected chi connectivity index (χ4v) is 3.75. The molecule has 1 saturated heterocycles. The molecule has 0 aromatic heterocycles. The van der Waals surface area contributed by atoms with E-state index < -0.39 is 10.0 Å². The van der Waals surface area contributed by atoms with E-state index >= 15 is 0 Å². The van der Waals surface area contributed by atoms with Crippen LogP contribution in [0.3, 0.4) is 0 Å². The first kappa shape index (κ1) is 19.4. The van der Waals surface area contributed by atoms with Crippen molar-refractivity contribution in [1.29, 1.82) is 0 Å². The Morgan fingerprint density at radius 3 is 2.76 bits per heavy atom. The standard InChI is InChI=1S/C16H24N4O4S/c1-17-15(21)7-9-20(2)25(23,24)14-5-3-4-12(10-14)16(22)19-13-6-8-18-11-13/h3-5,10,13,18H,6-9,11H2,1-2H3,(H,17,21)(H,19,22). The van der Waals surface area contributed by atoms with E-state index in [-0.39, 0.29) is 35.7 Å². The van der Waals surface area contributed by atoms with Crippen molar-refractivity contribution in [3.05, 3.63) is 29.8 Å². The molecule has 0 bridgehead atoms. The van der Waals surface area contributed by atoms with Crippen LogP contribution in [0.15, 0.2) is 29.2 Å². The fraction of sp³-hybridized carbons (Fsp3) is 0.500. The molecule has 1 unspecified atom stereocenters. The van der Waals surface area contributed by atoms with Gasteiger partial charge in [-0.3, -0.25) is 9.59 Å². The molecule has 138 valence electrons. The van der Waals surface area contributed by atoms with Crippen molar-refractivity contribution in [1.82, 2.24) is 20.3 Å². The average molecular weight is 368 g/mol. The maximum atomic E-state index is 12.6. The highest BCUT2D eigenvalue weighted by Crippen LogP contribution is 2.16. The average Bonchev–Trinajstić information content (AvgIpc) is 3.12. The second-order valence-corrected chi connectivity index (χ2v) is 7.99. The summed E-state index contributed by atoms with van der Waals surface area (Å²) >= 11 is 0. The number of carbonyl (C=O) groups excluding carboxylic acids is 2. The summed E-state index contributed by atoms with van der Waals surface area (Å²) in [5.74, 6) is -0.529. The van der Waals surface area contributed by atoms with E-state index in [9.17, 15) is 18.0 Å². The smallest absolute Gasteiger partial charge is 0.251 e. The van der Waals surface area contributed by atoms with Crippen LogP contribution in [0.1, 0.15) is 23.2 Å². The second kappa shape index (κ2) is 8.41. The van der Waals surface area contributed by atoms with Crippen molar-refractivity contribution in [2.24, 2.45) is 0 Å². The summed E-state index contributed by atoms with van der Waals surface area (Å²) < 4.78 is 26.3. The van der Waals surface area contributed by atoms with Gasteiger partial charge in [0.2, 0.25) is 15.9 Å². The molecule has 1 aliphatic rings. The Morgan fingerprint density at radius 1 is 1.36 bits per heavy atom. The van der Waals surface area contributed by atoms with E-state index in [0.29, 0.717) is 12.1 Å². The van der Waals surface area contributed by atoms with Crippen LogP contribution in [0.4, 0.5) is 0 Å². The maximum absolute atomic E-state index is 12.6. The van der Waals surface area contributed by atoms with E-state index in [4.69, 9.17) is 0 Å². The Kier molecular flexibility index (Phi) is 6.51. The normalized spacial score (nSPS) is 17.5. The summed E-state index contributed by atoms with van der Waals surface area (Å²) in [6.45, 7) is 1.63. The molecule has 0 saturated carbocycles. The van der Waals surface area contributed by atoms with E-state index in [2.05, 4.69) is 16.0 Å². The summed E-state index contributed by atoms with van der Waals surface area (Å²) in [5, 5.41) is 8.50. The summed E-state index contributed by atoms with van der Waals surface area (Å²) in [6.07, 6.45) is 0.924. The van der Waals surface area contributed by atoms with Gasteiger partial charge in [-0.15, -0.1) is 0 Å². The van der Waals surface area contributed by atoms with E-state index in [1.165, 1.54) is 26.2 Å². The van der Waals surface area contributed by atoms with Gasteiger partial charge in [-0.1, -0.05) is 6.07 Å². The van der Waals surface area contributed by atoms with E-state index in [1.54, 1.807) is 12.1 Å². The molecule has 1 atom stereocenters. The second-order valence-electron chi connectivity index (χ2n) is 5.94. The molecule has 0 radical (unpaired) electrons. The van der Waals surface area contributed by atoms with Crippen molar-refractivity contribution < 1.29 is 18.0 Å². The van der Waals surface area contributed by atoms with Crippen LogP contribution in [-0.4, -0.2) is 64.3 Å². The lowest BCUT2D eigenvalue weighted by molar-refractivity contribution is -0.120. The van der Waals surface area contributed by atoms with Crippen LogP contribution < -0.4 is 16.0 Å². The zero-order valence-corrected chi connectivity index (χ0v) is 15.2. The first-order chi connectivity index (χ1) is 11.8. The molecular weight excluding hydrogens is 344 g/mol. The van der Waals surface area contributed by atoms with Crippen LogP contribution >= 0.6 is 0 Å². The molecule has 1 heterocycles. The minimum atomic E-state index is -3.77. The molecular formula is C16H24N4O4S. The van der Waals surface area contributed by atoms with Gasteiger partial charge in [0.25, 0.3) is 5.91 Å². The first-order valence-corrected chi connectivity index (χ1v) is 9.57. The largest absolute Gasteiger partial charge is 0.359 e. The summed E-state index contributed by atoms with van der Waals surface area (Å²) in [5.41, 5.74) is 0.299. The molecule has 25 heavy (non-hydrogen) atoms. The Labute approximate surface area is 148 Å². The first-order valence-electron chi connectivity index (χ1n) is 8.13. The molecule has 1 fully saturated rings. The Balaban J connectivity index is 2.10. The summed E-state index contributed by atoms with van der Waals surface area (Å²) in [6, 6.07) is 5.99. The molecule has 1 aromatic rings. The molecule has 1 aliphatic heterocycles. The topological polar surface area (TPSA) is 108 Å². The van der Waals surface area contributed by atoms with Crippen LogP contribution in [-0.2, 0) is 14.8 Å². The van der Waals surface area contributed by atoms with Crippen molar-refractivity contribution in [2.45, 2.75) is 23.8 Å². The highest BCUT2D eigenvalue weighted by Gasteiger charge is 2.23. The number of sulfonamides is 1. The molecule has 1 aromatic carbocycles. The van der Waals surface area contributed by atoms with Crippen molar-refractivity contribution in [3.8, 4) is 0 Å². The molecule has 2 rings (SSSR count). The zero-order chi connectivity index (χ0) is 18.4. The van der Waals surface area contributed by atoms with Gasteiger partial charge in [-0.2, -0.15) is 0 Å². The van der Waals surface area contributed by atoms with Gasteiger partial charge in [0.1, 0.15) is 0 Å². The molecule has 8 nitrogen and oxygen atoms in total. The Hall–Kier alpha value is -1.97. The minimum absolute atomic E-state index is 0.0316. The predicted octanol–water partition coefficient (Wildman–Crippen LogP) is -0.465. The molecule has 3 N–H and O–H groups in total. The lowest BCUT2D eigenvalue weighted by Gasteiger charge is -2.17. The monoisotopic (exact) mass is 368 g/mol. The highest BCUT2D eigenvalue weighted by molar-refractivity contribution is 7.89. The quantitative estimate of drug-likeness (QED) is 0.603. The van der Waals surface area contributed by atoms with Gasteiger partial charge >= 0.3 is 0 Å². The Morgan fingerprint density at radius 2 is 2.12 bits per heavy atom. The van der Waals surface area contributed by atoms with Gasteiger partial charge in [0, 0.05) is 45.2 Å². The van der Waals surface area contributed by atoms with Crippen LogP contribution in [0.25, 0.3) is 0 Å².